The SMILES string of the molecule is CN(CC(=O)N1CCCC1)Cc1nc2ccccc2c(=O)n1CC#N. The van der Waals surface area contributed by atoms with E-state index in [1.54, 1.807) is 18.2 Å². The second-order valence-electron chi connectivity index (χ2n) is 6.35. The van der Waals surface area contributed by atoms with E-state index in [2.05, 4.69) is 4.98 Å². The van der Waals surface area contributed by atoms with Gasteiger partial charge in [0.15, 0.2) is 0 Å². The van der Waals surface area contributed by atoms with Crippen molar-refractivity contribution < 1.29 is 4.79 Å². The first-order valence-electron chi connectivity index (χ1n) is 8.42. The fourth-order valence-electron chi connectivity index (χ4n) is 3.16. The molecule has 7 heteroatoms. The average molecular weight is 339 g/mol. The van der Waals surface area contributed by atoms with Crippen molar-refractivity contribution in [3.05, 3.63) is 40.4 Å². The van der Waals surface area contributed by atoms with E-state index >= 15 is 0 Å². The Morgan fingerprint density at radius 3 is 2.76 bits per heavy atom. The number of aromatic nitrogens is 2. The van der Waals surface area contributed by atoms with E-state index < -0.39 is 0 Å². The van der Waals surface area contributed by atoms with Crippen LogP contribution >= 0.6 is 0 Å². The van der Waals surface area contributed by atoms with Crippen LogP contribution < -0.4 is 5.56 Å². The lowest BCUT2D eigenvalue weighted by atomic mass is 10.2. The minimum absolute atomic E-state index is 0.0556. The van der Waals surface area contributed by atoms with Gasteiger partial charge < -0.3 is 4.90 Å². The van der Waals surface area contributed by atoms with Crippen LogP contribution in [-0.4, -0.2) is 51.9 Å². The molecule has 1 amide bonds. The van der Waals surface area contributed by atoms with E-state index in [1.165, 1.54) is 4.57 Å². The zero-order valence-electron chi connectivity index (χ0n) is 14.3. The third-order valence-electron chi connectivity index (χ3n) is 4.44. The molecule has 0 atom stereocenters. The second kappa shape index (κ2) is 7.45. The Bertz CT molecular complexity index is 877. The van der Waals surface area contributed by atoms with Crippen LogP contribution in [0.5, 0.6) is 0 Å². The molecule has 7 nitrogen and oxygen atoms in total. The van der Waals surface area contributed by atoms with Gasteiger partial charge in [-0.1, -0.05) is 12.1 Å². The predicted molar refractivity (Wildman–Crippen MR) is 93.8 cm³/mol. The highest BCUT2D eigenvalue weighted by Gasteiger charge is 2.20. The fourth-order valence-corrected chi connectivity index (χ4v) is 3.16. The van der Waals surface area contributed by atoms with Gasteiger partial charge in [0, 0.05) is 13.1 Å². The third-order valence-corrected chi connectivity index (χ3v) is 4.44. The number of nitriles is 1. The normalized spacial score (nSPS) is 14.2. The number of likely N-dealkylation sites (N-methyl/N-ethyl adjacent to an activating group) is 1. The Balaban J connectivity index is 1.84. The van der Waals surface area contributed by atoms with Gasteiger partial charge in [0.05, 0.1) is 30.1 Å². The topological polar surface area (TPSA) is 82.2 Å². The molecule has 25 heavy (non-hydrogen) atoms. The molecule has 1 aromatic heterocycles. The molecule has 1 fully saturated rings. The van der Waals surface area contributed by atoms with Gasteiger partial charge in [-0.3, -0.25) is 19.1 Å². The zero-order chi connectivity index (χ0) is 17.8. The van der Waals surface area contributed by atoms with Crippen LogP contribution in [-0.2, 0) is 17.9 Å². The van der Waals surface area contributed by atoms with Gasteiger partial charge in [-0.15, -0.1) is 0 Å². The molecule has 1 aromatic carbocycles. The molecule has 1 saturated heterocycles. The lowest BCUT2D eigenvalue weighted by Crippen LogP contribution is -2.38. The highest BCUT2D eigenvalue weighted by Crippen LogP contribution is 2.11. The first-order valence-corrected chi connectivity index (χ1v) is 8.42. The summed E-state index contributed by atoms with van der Waals surface area (Å²) in [6.45, 7) is 2.19. The fraction of sp³-hybridized carbons (Fsp3) is 0.444. The summed E-state index contributed by atoms with van der Waals surface area (Å²) in [7, 11) is 1.83. The molecule has 3 rings (SSSR count). The zero-order valence-corrected chi connectivity index (χ0v) is 14.3. The van der Waals surface area contributed by atoms with Crippen LogP contribution in [0.1, 0.15) is 18.7 Å². The monoisotopic (exact) mass is 339 g/mol. The van der Waals surface area contributed by atoms with E-state index in [1.807, 2.05) is 29.0 Å². The summed E-state index contributed by atoms with van der Waals surface area (Å²) in [5.74, 6) is 0.594. The summed E-state index contributed by atoms with van der Waals surface area (Å²) in [6, 6.07) is 9.12. The Kier molecular flexibility index (Phi) is 5.10. The number of amides is 1. The van der Waals surface area contributed by atoms with Crippen molar-refractivity contribution in [1.29, 1.82) is 5.26 Å². The Hall–Kier alpha value is -2.72. The van der Waals surface area contributed by atoms with E-state index in [9.17, 15) is 9.59 Å². The van der Waals surface area contributed by atoms with Crippen molar-refractivity contribution in [3.63, 3.8) is 0 Å². The molecule has 0 aliphatic carbocycles. The van der Waals surface area contributed by atoms with Crippen LogP contribution in [0.15, 0.2) is 29.1 Å². The molecular formula is C18H21N5O2. The van der Waals surface area contributed by atoms with Crippen LogP contribution in [0.3, 0.4) is 0 Å². The number of rotatable bonds is 5. The molecule has 0 radical (unpaired) electrons. The number of benzene rings is 1. The largest absolute Gasteiger partial charge is 0.342 e. The average Bonchev–Trinajstić information content (AvgIpc) is 3.13. The molecule has 1 aliphatic rings. The van der Waals surface area contributed by atoms with E-state index in [0.29, 0.717) is 23.3 Å². The van der Waals surface area contributed by atoms with Crippen LogP contribution in [0.4, 0.5) is 0 Å². The first-order chi connectivity index (χ1) is 12.1. The molecule has 0 saturated carbocycles. The van der Waals surface area contributed by atoms with Gasteiger partial charge in [-0.05, 0) is 32.0 Å². The molecule has 2 aromatic rings. The Labute approximate surface area is 146 Å². The molecular weight excluding hydrogens is 318 g/mol. The van der Waals surface area contributed by atoms with Gasteiger partial charge in [-0.25, -0.2) is 4.98 Å². The third kappa shape index (κ3) is 3.69. The maximum atomic E-state index is 12.6. The summed E-state index contributed by atoms with van der Waals surface area (Å²) in [4.78, 5) is 33.2. The molecule has 2 heterocycles. The lowest BCUT2D eigenvalue weighted by Gasteiger charge is -2.22. The predicted octanol–water partition coefficient (Wildman–Crippen LogP) is 0.974. The number of hydrogen-bond acceptors (Lipinski definition) is 5. The Morgan fingerprint density at radius 2 is 2.04 bits per heavy atom. The molecule has 0 N–H and O–H groups in total. The Morgan fingerprint density at radius 1 is 1.32 bits per heavy atom. The number of para-hydroxylation sites is 1. The second-order valence-corrected chi connectivity index (χ2v) is 6.35. The lowest BCUT2D eigenvalue weighted by molar-refractivity contribution is -0.131. The number of nitrogens with zero attached hydrogens (tertiary/aromatic N) is 5. The summed E-state index contributed by atoms with van der Waals surface area (Å²) in [5.41, 5.74) is 0.386. The van der Waals surface area contributed by atoms with Crippen LogP contribution in [0.2, 0.25) is 0 Å². The van der Waals surface area contributed by atoms with E-state index in [4.69, 9.17) is 5.26 Å². The number of fused-ring (bicyclic) bond motifs is 1. The summed E-state index contributed by atoms with van der Waals surface area (Å²) in [5, 5.41) is 9.55. The standard InChI is InChI=1S/C18H21N5O2/c1-21(13-17(24)22-9-4-5-10-22)12-16-20-15-7-3-2-6-14(15)18(25)23(16)11-8-19/h2-3,6-7H,4-5,9-13H2,1H3. The van der Waals surface area contributed by atoms with Crippen LogP contribution in [0, 0.1) is 11.3 Å². The van der Waals surface area contributed by atoms with Gasteiger partial charge in [0.1, 0.15) is 12.4 Å². The maximum Gasteiger partial charge on any atom is 0.262 e. The highest BCUT2D eigenvalue weighted by atomic mass is 16.2. The smallest absolute Gasteiger partial charge is 0.262 e. The van der Waals surface area contributed by atoms with Gasteiger partial charge in [-0.2, -0.15) is 5.26 Å². The van der Waals surface area contributed by atoms with Gasteiger partial charge >= 0.3 is 0 Å². The maximum absolute atomic E-state index is 12.6. The summed E-state index contributed by atoms with van der Waals surface area (Å²) < 4.78 is 1.39. The number of carbonyl (C=O) groups is 1. The van der Waals surface area contributed by atoms with Crippen molar-refractivity contribution in [3.8, 4) is 6.07 Å². The quantitative estimate of drug-likeness (QED) is 0.811. The van der Waals surface area contributed by atoms with Crippen molar-refractivity contribution >= 4 is 16.8 Å². The number of likely N-dealkylation sites (tertiary alicyclic amines) is 1. The van der Waals surface area contributed by atoms with Crippen molar-refractivity contribution in [2.24, 2.45) is 0 Å². The minimum atomic E-state index is -0.221. The van der Waals surface area contributed by atoms with Gasteiger partial charge in [0.25, 0.3) is 5.56 Å². The minimum Gasteiger partial charge on any atom is -0.342 e. The highest BCUT2D eigenvalue weighted by molar-refractivity contribution is 5.78. The molecule has 130 valence electrons. The first kappa shape index (κ1) is 17.1. The molecule has 0 bridgehead atoms. The van der Waals surface area contributed by atoms with Crippen molar-refractivity contribution in [1.82, 2.24) is 19.4 Å². The summed E-state index contributed by atoms with van der Waals surface area (Å²) in [6.07, 6.45) is 2.12. The molecule has 0 unspecified atom stereocenters. The van der Waals surface area contributed by atoms with E-state index in [0.717, 1.165) is 25.9 Å². The van der Waals surface area contributed by atoms with Crippen molar-refractivity contribution in [2.45, 2.75) is 25.9 Å². The van der Waals surface area contributed by atoms with Crippen molar-refractivity contribution in [2.75, 3.05) is 26.7 Å². The number of hydrogen-bond donors (Lipinski definition) is 0. The van der Waals surface area contributed by atoms with Crippen LogP contribution in [0.25, 0.3) is 10.9 Å². The number of carbonyl (C=O) groups excluding carboxylic acids is 1. The molecule has 1 aliphatic heterocycles. The molecule has 0 spiro atoms. The summed E-state index contributed by atoms with van der Waals surface area (Å²) >= 11 is 0. The van der Waals surface area contributed by atoms with Gasteiger partial charge in [0.2, 0.25) is 5.91 Å². The van der Waals surface area contributed by atoms with E-state index in [-0.39, 0.29) is 24.6 Å².